The SMILES string of the molecule is CC1(C)CCC(CO)C1. The van der Waals surface area contributed by atoms with Gasteiger partial charge in [-0.3, -0.25) is 0 Å². The lowest BCUT2D eigenvalue weighted by molar-refractivity contribution is 0.218. The molecule has 1 saturated carbocycles. The van der Waals surface area contributed by atoms with Crippen molar-refractivity contribution >= 4 is 0 Å². The second kappa shape index (κ2) is 2.30. The molecular formula is C8H16O. The summed E-state index contributed by atoms with van der Waals surface area (Å²) in [7, 11) is 0. The zero-order valence-corrected chi connectivity index (χ0v) is 6.35. The molecule has 0 saturated heterocycles. The Morgan fingerprint density at radius 3 is 2.44 bits per heavy atom. The molecule has 1 aliphatic rings. The summed E-state index contributed by atoms with van der Waals surface area (Å²) in [6.07, 6.45) is 3.73. The molecule has 1 rings (SSSR count). The van der Waals surface area contributed by atoms with Gasteiger partial charge in [0.2, 0.25) is 0 Å². The quantitative estimate of drug-likeness (QED) is 0.571. The molecule has 0 aromatic rings. The van der Waals surface area contributed by atoms with Gasteiger partial charge in [-0.05, 0) is 30.6 Å². The Morgan fingerprint density at radius 2 is 2.22 bits per heavy atom. The van der Waals surface area contributed by atoms with Crippen LogP contribution < -0.4 is 0 Å². The third-order valence-electron chi connectivity index (χ3n) is 2.33. The zero-order chi connectivity index (χ0) is 6.91. The molecule has 0 aliphatic heterocycles. The van der Waals surface area contributed by atoms with Crippen LogP contribution in [-0.4, -0.2) is 11.7 Å². The fraction of sp³-hybridized carbons (Fsp3) is 1.00. The number of hydrogen-bond acceptors (Lipinski definition) is 1. The van der Waals surface area contributed by atoms with Crippen LogP contribution in [0.1, 0.15) is 33.1 Å². The van der Waals surface area contributed by atoms with E-state index in [1.54, 1.807) is 0 Å². The van der Waals surface area contributed by atoms with Gasteiger partial charge in [-0.1, -0.05) is 13.8 Å². The summed E-state index contributed by atoms with van der Waals surface area (Å²) in [6.45, 7) is 4.95. The minimum atomic E-state index is 0.392. The fourth-order valence-corrected chi connectivity index (χ4v) is 1.74. The van der Waals surface area contributed by atoms with E-state index in [-0.39, 0.29) is 0 Å². The lowest BCUT2D eigenvalue weighted by Gasteiger charge is -2.15. The summed E-state index contributed by atoms with van der Waals surface area (Å²) < 4.78 is 0. The van der Waals surface area contributed by atoms with Crippen molar-refractivity contribution in [2.45, 2.75) is 33.1 Å². The largest absolute Gasteiger partial charge is 0.396 e. The predicted octanol–water partition coefficient (Wildman–Crippen LogP) is 1.80. The summed E-state index contributed by atoms with van der Waals surface area (Å²) in [5.74, 6) is 0.597. The molecule has 1 aliphatic carbocycles. The molecule has 0 radical (unpaired) electrons. The van der Waals surface area contributed by atoms with Crippen LogP contribution in [0.4, 0.5) is 0 Å². The van der Waals surface area contributed by atoms with E-state index in [0.717, 1.165) is 0 Å². The first-order valence-electron chi connectivity index (χ1n) is 3.75. The van der Waals surface area contributed by atoms with Gasteiger partial charge in [0, 0.05) is 6.61 Å². The van der Waals surface area contributed by atoms with Gasteiger partial charge in [-0.25, -0.2) is 0 Å². The van der Waals surface area contributed by atoms with Crippen LogP contribution in [0.3, 0.4) is 0 Å². The van der Waals surface area contributed by atoms with Gasteiger partial charge < -0.3 is 5.11 Å². The van der Waals surface area contributed by atoms with E-state index in [2.05, 4.69) is 13.8 Å². The lowest BCUT2D eigenvalue weighted by Crippen LogP contribution is -2.06. The molecule has 54 valence electrons. The van der Waals surface area contributed by atoms with Gasteiger partial charge in [0.05, 0.1) is 0 Å². The maximum absolute atomic E-state index is 8.80. The van der Waals surface area contributed by atoms with E-state index in [0.29, 0.717) is 17.9 Å². The third kappa shape index (κ3) is 1.68. The minimum Gasteiger partial charge on any atom is -0.396 e. The van der Waals surface area contributed by atoms with Gasteiger partial charge in [0.15, 0.2) is 0 Å². The van der Waals surface area contributed by atoms with Gasteiger partial charge in [-0.2, -0.15) is 0 Å². The molecule has 1 unspecified atom stereocenters. The number of aliphatic hydroxyl groups excluding tert-OH is 1. The van der Waals surface area contributed by atoms with Crippen molar-refractivity contribution in [3.8, 4) is 0 Å². The summed E-state index contributed by atoms with van der Waals surface area (Å²) in [4.78, 5) is 0. The van der Waals surface area contributed by atoms with E-state index in [9.17, 15) is 0 Å². The van der Waals surface area contributed by atoms with Gasteiger partial charge in [-0.15, -0.1) is 0 Å². The van der Waals surface area contributed by atoms with E-state index in [4.69, 9.17) is 5.11 Å². The van der Waals surface area contributed by atoms with Crippen LogP contribution in [0.2, 0.25) is 0 Å². The average Bonchev–Trinajstić information content (AvgIpc) is 2.10. The van der Waals surface area contributed by atoms with Gasteiger partial charge in [0.1, 0.15) is 0 Å². The summed E-state index contributed by atoms with van der Waals surface area (Å²) in [6, 6.07) is 0. The summed E-state index contributed by atoms with van der Waals surface area (Å²) in [5.41, 5.74) is 0.507. The Kier molecular flexibility index (Phi) is 1.80. The Hall–Kier alpha value is -0.0400. The maximum Gasteiger partial charge on any atom is 0.0459 e. The molecule has 0 spiro atoms. The standard InChI is InChI=1S/C8H16O/c1-8(2)4-3-7(5-8)6-9/h7,9H,3-6H2,1-2H3. The fourth-order valence-electron chi connectivity index (χ4n) is 1.74. The molecule has 0 amide bonds. The lowest BCUT2D eigenvalue weighted by atomic mass is 9.91. The molecule has 1 fully saturated rings. The van der Waals surface area contributed by atoms with Crippen molar-refractivity contribution in [3.63, 3.8) is 0 Å². The van der Waals surface area contributed by atoms with Crippen molar-refractivity contribution in [1.29, 1.82) is 0 Å². The number of hydrogen-bond donors (Lipinski definition) is 1. The van der Waals surface area contributed by atoms with Crippen LogP contribution in [0.15, 0.2) is 0 Å². The van der Waals surface area contributed by atoms with Crippen molar-refractivity contribution < 1.29 is 5.11 Å². The highest BCUT2D eigenvalue weighted by Crippen LogP contribution is 2.40. The molecular weight excluding hydrogens is 112 g/mol. The van der Waals surface area contributed by atoms with E-state index < -0.39 is 0 Å². The van der Waals surface area contributed by atoms with E-state index in [1.165, 1.54) is 19.3 Å². The highest BCUT2D eigenvalue weighted by Gasteiger charge is 2.29. The molecule has 0 aromatic carbocycles. The van der Waals surface area contributed by atoms with Gasteiger partial charge >= 0.3 is 0 Å². The number of rotatable bonds is 1. The van der Waals surface area contributed by atoms with Crippen LogP contribution in [0.25, 0.3) is 0 Å². The normalized spacial score (nSPS) is 33.0. The Bertz CT molecular complexity index is 96.7. The van der Waals surface area contributed by atoms with Crippen LogP contribution in [0.5, 0.6) is 0 Å². The molecule has 1 heteroatoms. The Labute approximate surface area is 57.1 Å². The monoisotopic (exact) mass is 128 g/mol. The zero-order valence-electron chi connectivity index (χ0n) is 6.35. The van der Waals surface area contributed by atoms with Crippen molar-refractivity contribution in [2.75, 3.05) is 6.61 Å². The topological polar surface area (TPSA) is 20.2 Å². The van der Waals surface area contributed by atoms with Gasteiger partial charge in [0.25, 0.3) is 0 Å². The Balaban J connectivity index is 2.38. The first kappa shape index (κ1) is 7.07. The van der Waals surface area contributed by atoms with E-state index >= 15 is 0 Å². The second-order valence-electron chi connectivity index (χ2n) is 3.96. The average molecular weight is 128 g/mol. The van der Waals surface area contributed by atoms with Crippen molar-refractivity contribution in [2.24, 2.45) is 11.3 Å². The van der Waals surface area contributed by atoms with Crippen molar-refractivity contribution in [1.82, 2.24) is 0 Å². The highest BCUT2D eigenvalue weighted by molar-refractivity contribution is 4.81. The smallest absolute Gasteiger partial charge is 0.0459 e. The molecule has 1 N–H and O–H groups in total. The number of aliphatic hydroxyl groups is 1. The molecule has 9 heavy (non-hydrogen) atoms. The second-order valence-corrected chi connectivity index (χ2v) is 3.96. The maximum atomic E-state index is 8.80. The molecule has 0 heterocycles. The molecule has 1 atom stereocenters. The summed E-state index contributed by atoms with van der Waals surface area (Å²) >= 11 is 0. The van der Waals surface area contributed by atoms with E-state index in [1.807, 2.05) is 0 Å². The molecule has 0 aromatic heterocycles. The Morgan fingerprint density at radius 1 is 1.56 bits per heavy atom. The first-order chi connectivity index (χ1) is 4.14. The third-order valence-corrected chi connectivity index (χ3v) is 2.33. The minimum absolute atomic E-state index is 0.392. The van der Waals surface area contributed by atoms with Crippen LogP contribution in [0, 0.1) is 11.3 Å². The van der Waals surface area contributed by atoms with Crippen molar-refractivity contribution in [3.05, 3.63) is 0 Å². The van der Waals surface area contributed by atoms with Crippen LogP contribution >= 0.6 is 0 Å². The molecule has 0 bridgehead atoms. The summed E-state index contributed by atoms with van der Waals surface area (Å²) in [5, 5.41) is 8.80. The first-order valence-corrected chi connectivity index (χ1v) is 3.75. The molecule has 1 nitrogen and oxygen atoms in total. The highest BCUT2D eigenvalue weighted by atomic mass is 16.3. The van der Waals surface area contributed by atoms with Crippen LogP contribution in [-0.2, 0) is 0 Å². The predicted molar refractivity (Wildman–Crippen MR) is 38.2 cm³/mol.